The maximum Gasteiger partial charge on any atom is 0.258 e. The van der Waals surface area contributed by atoms with E-state index < -0.39 is 0 Å². The van der Waals surface area contributed by atoms with Gasteiger partial charge < -0.3 is 4.74 Å². The molecule has 0 unspecified atom stereocenters. The van der Waals surface area contributed by atoms with Crippen LogP contribution in [-0.2, 0) is 17.8 Å². The van der Waals surface area contributed by atoms with Gasteiger partial charge in [0, 0.05) is 31.4 Å². The maximum atomic E-state index is 12.6. The highest BCUT2D eigenvalue weighted by atomic mass is 16.5. The van der Waals surface area contributed by atoms with E-state index in [2.05, 4.69) is 56.9 Å². The molecule has 5 nitrogen and oxygen atoms in total. The van der Waals surface area contributed by atoms with Crippen molar-refractivity contribution in [3.8, 4) is 0 Å². The largest absolute Gasteiger partial charge is 0.368 e. The third-order valence-corrected chi connectivity index (χ3v) is 5.69. The second kappa shape index (κ2) is 7.39. The molecule has 0 saturated carbocycles. The van der Waals surface area contributed by atoms with Crippen molar-refractivity contribution in [2.75, 3.05) is 0 Å². The zero-order valence-electron chi connectivity index (χ0n) is 17.6. The Hall–Kier alpha value is -2.50. The van der Waals surface area contributed by atoms with E-state index in [9.17, 15) is 4.79 Å². The average Bonchev–Trinajstić information content (AvgIpc) is 2.89. The van der Waals surface area contributed by atoms with Gasteiger partial charge in [-0.3, -0.25) is 14.1 Å². The Balaban J connectivity index is 1.70. The number of hydrogen-bond acceptors (Lipinski definition) is 4. The van der Waals surface area contributed by atoms with Crippen LogP contribution in [0.25, 0.3) is 5.65 Å². The van der Waals surface area contributed by atoms with Crippen molar-refractivity contribution in [3.63, 3.8) is 0 Å². The fraction of sp³-hybridized carbons (Fsp3) is 0.417. The van der Waals surface area contributed by atoms with Crippen LogP contribution in [0, 0.1) is 0 Å². The molecule has 152 valence electrons. The summed E-state index contributed by atoms with van der Waals surface area (Å²) in [6.45, 7) is 10.00. The minimum atomic E-state index is -0.288. The van der Waals surface area contributed by atoms with E-state index in [1.807, 2.05) is 24.3 Å². The summed E-state index contributed by atoms with van der Waals surface area (Å²) < 4.78 is 7.95. The van der Waals surface area contributed by atoms with E-state index >= 15 is 0 Å². The first-order valence-corrected chi connectivity index (χ1v) is 10.2. The van der Waals surface area contributed by atoms with E-state index in [4.69, 9.17) is 9.72 Å². The van der Waals surface area contributed by atoms with E-state index in [0.717, 1.165) is 18.7 Å². The molecule has 0 aliphatic carbocycles. The smallest absolute Gasteiger partial charge is 0.258 e. The lowest BCUT2D eigenvalue weighted by atomic mass is 9.92. The summed E-state index contributed by atoms with van der Waals surface area (Å²) in [6, 6.07) is 17.9. The molecule has 1 fully saturated rings. The van der Waals surface area contributed by atoms with Gasteiger partial charge >= 0.3 is 0 Å². The van der Waals surface area contributed by atoms with E-state index in [-0.39, 0.29) is 22.8 Å². The van der Waals surface area contributed by atoms with Crippen LogP contribution in [-0.4, -0.2) is 31.5 Å². The highest BCUT2D eigenvalue weighted by molar-refractivity contribution is 5.38. The first-order valence-electron chi connectivity index (χ1n) is 10.2. The van der Waals surface area contributed by atoms with Crippen LogP contribution in [0.2, 0.25) is 0 Å². The minimum absolute atomic E-state index is 0.0486. The number of pyridine rings is 1. The van der Waals surface area contributed by atoms with Crippen LogP contribution in [0.4, 0.5) is 0 Å². The van der Waals surface area contributed by atoms with Crippen molar-refractivity contribution >= 4 is 5.65 Å². The highest BCUT2D eigenvalue weighted by Crippen LogP contribution is 2.41. The zero-order valence-corrected chi connectivity index (χ0v) is 17.6. The third kappa shape index (κ3) is 4.26. The van der Waals surface area contributed by atoms with Gasteiger partial charge in [0.2, 0.25) is 0 Å². The highest BCUT2D eigenvalue weighted by Gasteiger charge is 2.48. The van der Waals surface area contributed by atoms with Gasteiger partial charge in [-0.15, -0.1) is 0 Å². The number of aromatic nitrogens is 2. The van der Waals surface area contributed by atoms with E-state index in [1.54, 1.807) is 16.7 Å². The summed E-state index contributed by atoms with van der Waals surface area (Å²) in [6.07, 6.45) is 2.69. The lowest BCUT2D eigenvalue weighted by Gasteiger charge is -2.36. The molecule has 1 atom stereocenters. The van der Waals surface area contributed by atoms with Crippen LogP contribution in [0.15, 0.2) is 65.6 Å². The predicted octanol–water partition coefficient (Wildman–Crippen LogP) is 4.04. The Morgan fingerprint density at radius 1 is 1.07 bits per heavy atom. The van der Waals surface area contributed by atoms with Crippen molar-refractivity contribution in [3.05, 3.63) is 82.4 Å². The summed E-state index contributed by atoms with van der Waals surface area (Å²) in [5, 5.41) is 0. The molecule has 0 bridgehead atoms. The van der Waals surface area contributed by atoms with E-state index in [1.165, 1.54) is 5.56 Å². The molecule has 0 N–H and O–H groups in total. The molecular formula is C24H29N3O2. The maximum absolute atomic E-state index is 12.6. The summed E-state index contributed by atoms with van der Waals surface area (Å²) in [5.41, 5.74) is 2.19. The Kier molecular flexibility index (Phi) is 5.05. The summed E-state index contributed by atoms with van der Waals surface area (Å²) in [4.78, 5) is 19.7. The zero-order chi connectivity index (χ0) is 20.6. The molecule has 1 aliphatic rings. The van der Waals surface area contributed by atoms with Crippen molar-refractivity contribution in [1.82, 2.24) is 14.3 Å². The second-order valence-corrected chi connectivity index (χ2v) is 9.09. The Morgan fingerprint density at radius 3 is 2.48 bits per heavy atom. The van der Waals surface area contributed by atoms with Gasteiger partial charge in [-0.25, -0.2) is 4.98 Å². The Labute approximate surface area is 172 Å². The molecule has 1 aliphatic heterocycles. The number of hydrogen-bond donors (Lipinski definition) is 0. The second-order valence-electron chi connectivity index (χ2n) is 9.09. The fourth-order valence-corrected chi connectivity index (χ4v) is 4.59. The molecular weight excluding hydrogens is 362 g/mol. The van der Waals surface area contributed by atoms with Gasteiger partial charge in [-0.1, -0.05) is 36.4 Å². The number of benzene rings is 1. The number of rotatable bonds is 5. The van der Waals surface area contributed by atoms with Gasteiger partial charge in [-0.2, -0.15) is 0 Å². The lowest BCUT2D eigenvalue weighted by molar-refractivity contribution is -0.0822. The molecule has 3 aromatic rings. The van der Waals surface area contributed by atoms with Crippen molar-refractivity contribution < 1.29 is 4.74 Å². The van der Waals surface area contributed by atoms with Crippen molar-refractivity contribution in [2.45, 2.75) is 64.4 Å². The monoisotopic (exact) mass is 391 g/mol. The molecule has 2 aromatic heterocycles. The van der Waals surface area contributed by atoms with Gasteiger partial charge in [0.05, 0.1) is 16.9 Å². The number of ether oxygens (including phenoxy) is 1. The summed E-state index contributed by atoms with van der Waals surface area (Å²) in [7, 11) is 0. The van der Waals surface area contributed by atoms with Crippen LogP contribution < -0.4 is 5.56 Å². The van der Waals surface area contributed by atoms with Crippen LogP contribution in [0.3, 0.4) is 0 Å². The minimum Gasteiger partial charge on any atom is -0.368 e. The van der Waals surface area contributed by atoms with E-state index in [0.29, 0.717) is 12.2 Å². The molecule has 0 radical (unpaired) electrons. The first-order chi connectivity index (χ1) is 13.7. The predicted molar refractivity (Wildman–Crippen MR) is 115 cm³/mol. The molecule has 4 rings (SSSR count). The van der Waals surface area contributed by atoms with Gasteiger partial charge in [-0.05, 0) is 51.8 Å². The average molecular weight is 392 g/mol. The molecule has 29 heavy (non-hydrogen) atoms. The number of fused-ring (bicyclic) bond motifs is 1. The fourth-order valence-electron chi connectivity index (χ4n) is 4.59. The molecule has 0 amide bonds. The van der Waals surface area contributed by atoms with Gasteiger partial charge in [0.1, 0.15) is 5.65 Å². The molecule has 3 heterocycles. The molecule has 0 spiro atoms. The molecule has 1 saturated heterocycles. The van der Waals surface area contributed by atoms with Crippen LogP contribution in [0.5, 0.6) is 0 Å². The number of nitrogens with zero attached hydrogens (tertiary/aromatic N) is 3. The van der Waals surface area contributed by atoms with Gasteiger partial charge in [0.15, 0.2) is 0 Å². The standard InChI is InChI=1S/C24H29N3O2/c1-23(2)15-20(24(3,4)29-23)26(16-18-10-6-5-7-11-18)17-19-14-22(28)27-13-9-8-12-21(27)25-19/h5-14,20H,15-17H2,1-4H3/t20-/m1/s1. The quantitative estimate of drug-likeness (QED) is 0.658. The van der Waals surface area contributed by atoms with Crippen LogP contribution in [0.1, 0.15) is 45.4 Å². The third-order valence-electron chi connectivity index (χ3n) is 5.69. The van der Waals surface area contributed by atoms with Gasteiger partial charge in [0.25, 0.3) is 5.56 Å². The normalized spacial score (nSPS) is 20.4. The summed E-state index contributed by atoms with van der Waals surface area (Å²) >= 11 is 0. The SMILES string of the molecule is CC1(C)C[C@@H](N(Cc2ccccc2)Cc2cc(=O)n3ccccc3n2)C(C)(C)O1. The molecule has 5 heteroatoms. The lowest BCUT2D eigenvalue weighted by Crippen LogP contribution is -2.46. The topological polar surface area (TPSA) is 46.8 Å². The van der Waals surface area contributed by atoms with Crippen molar-refractivity contribution in [2.24, 2.45) is 0 Å². The first kappa shape index (κ1) is 19.8. The molecule has 1 aromatic carbocycles. The Bertz CT molecular complexity index is 1060. The van der Waals surface area contributed by atoms with Crippen LogP contribution >= 0.6 is 0 Å². The summed E-state index contributed by atoms with van der Waals surface area (Å²) in [5.74, 6) is 0. The van der Waals surface area contributed by atoms with Crippen molar-refractivity contribution in [1.29, 1.82) is 0 Å². The Morgan fingerprint density at radius 2 is 1.79 bits per heavy atom.